The number of oxazole rings is 1. The van der Waals surface area contributed by atoms with E-state index in [9.17, 15) is 0 Å². The number of imidazole rings is 1. The van der Waals surface area contributed by atoms with Gasteiger partial charge in [-0.05, 0) is 32.9 Å². The van der Waals surface area contributed by atoms with Crippen LogP contribution in [0.5, 0.6) is 0 Å². The Morgan fingerprint density at radius 3 is 2.76 bits per heavy atom. The number of benzene rings is 1. The highest BCUT2D eigenvalue weighted by molar-refractivity contribution is 5.79. The fourth-order valence-corrected chi connectivity index (χ4v) is 2.52. The molecule has 0 radical (unpaired) electrons. The SMILES string of the molecule is CCNC(=NCc1nc(C)c(C)o1)NCCc1nc2ccccc2[nH]1. The van der Waals surface area contributed by atoms with Crippen LogP contribution in [0.1, 0.15) is 30.1 Å². The van der Waals surface area contributed by atoms with Crippen LogP contribution in [0.3, 0.4) is 0 Å². The Kier molecular flexibility index (Phi) is 5.33. The molecule has 0 saturated heterocycles. The molecule has 3 aromatic rings. The summed E-state index contributed by atoms with van der Waals surface area (Å²) in [6.07, 6.45) is 0.788. The lowest BCUT2D eigenvalue weighted by atomic mass is 10.3. The van der Waals surface area contributed by atoms with Crippen molar-refractivity contribution < 1.29 is 4.42 Å². The number of fused-ring (bicyclic) bond motifs is 1. The van der Waals surface area contributed by atoms with Gasteiger partial charge in [0.15, 0.2) is 5.96 Å². The number of rotatable bonds is 6. The fourth-order valence-electron chi connectivity index (χ4n) is 2.52. The lowest BCUT2D eigenvalue weighted by molar-refractivity contribution is 0.473. The summed E-state index contributed by atoms with van der Waals surface area (Å²) in [5.74, 6) is 3.17. The van der Waals surface area contributed by atoms with Crippen LogP contribution in [0.4, 0.5) is 0 Å². The summed E-state index contributed by atoms with van der Waals surface area (Å²) in [5, 5.41) is 6.54. The zero-order valence-electron chi connectivity index (χ0n) is 14.9. The smallest absolute Gasteiger partial charge is 0.216 e. The molecule has 7 nitrogen and oxygen atoms in total. The van der Waals surface area contributed by atoms with E-state index in [2.05, 4.69) is 30.6 Å². The van der Waals surface area contributed by atoms with Crippen LogP contribution < -0.4 is 10.6 Å². The molecule has 0 aliphatic rings. The summed E-state index contributed by atoms with van der Waals surface area (Å²) in [6.45, 7) is 7.81. The molecular formula is C18H24N6O. The van der Waals surface area contributed by atoms with Crippen molar-refractivity contribution in [2.24, 2.45) is 4.99 Å². The Hall–Kier alpha value is -2.83. The summed E-state index contributed by atoms with van der Waals surface area (Å²) >= 11 is 0. The minimum Gasteiger partial charge on any atom is -0.444 e. The third kappa shape index (κ3) is 4.37. The molecular weight excluding hydrogens is 316 g/mol. The number of para-hydroxylation sites is 2. The van der Waals surface area contributed by atoms with Crippen molar-refractivity contribution in [2.45, 2.75) is 33.7 Å². The second-order valence-electron chi connectivity index (χ2n) is 5.82. The third-order valence-corrected chi connectivity index (χ3v) is 3.88. The maximum atomic E-state index is 5.56. The summed E-state index contributed by atoms with van der Waals surface area (Å²) in [7, 11) is 0. The first-order chi connectivity index (χ1) is 12.2. The monoisotopic (exact) mass is 340 g/mol. The zero-order chi connectivity index (χ0) is 17.6. The van der Waals surface area contributed by atoms with Crippen molar-refractivity contribution in [3.05, 3.63) is 47.4 Å². The first-order valence-electron chi connectivity index (χ1n) is 8.54. The molecule has 0 atom stereocenters. The zero-order valence-corrected chi connectivity index (χ0v) is 14.9. The number of aryl methyl sites for hydroxylation is 2. The van der Waals surface area contributed by atoms with Gasteiger partial charge in [-0.2, -0.15) is 0 Å². The molecule has 0 aliphatic heterocycles. The van der Waals surface area contributed by atoms with Gasteiger partial charge in [0.2, 0.25) is 5.89 Å². The van der Waals surface area contributed by atoms with Crippen LogP contribution in [0.2, 0.25) is 0 Å². The largest absolute Gasteiger partial charge is 0.444 e. The van der Waals surface area contributed by atoms with Gasteiger partial charge in [-0.25, -0.2) is 15.0 Å². The Balaban J connectivity index is 1.56. The quantitative estimate of drug-likeness (QED) is 0.474. The Morgan fingerprint density at radius 1 is 1.20 bits per heavy atom. The van der Waals surface area contributed by atoms with Crippen molar-refractivity contribution in [1.29, 1.82) is 0 Å². The molecule has 0 amide bonds. The average molecular weight is 340 g/mol. The maximum Gasteiger partial charge on any atom is 0.216 e. The third-order valence-electron chi connectivity index (χ3n) is 3.88. The summed E-state index contributed by atoms with van der Waals surface area (Å²) in [6, 6.07) is 8.04. The van der Waals surface area contributed by atoms with E-state index in [1.165, 1.54) is 0 Å². The van der Waals surface area contributed by atoms with E-state index in [4.69, 9.17) is 4.42 Å². The number of aromatic amines is 1. The lowest BCUT2D eigenvalue weighted by Gasteiger charge is -2.10. The molecule has 7 heteroatoms. The van der Waals surface area contributed by atoms with Crippen molar-refractivity contribution >= 4 is 17.0 Å². The van der Waals surface area contributed by atoms with Crippen LogP contribution in [0.25, 0.3) is 11.0 Å². The second kappa shape index (κ2) is 7.83. The Labute approximate surface area is 147 Å². The Bertz CT molecular complexity index is 811. The number of aromatic nitrogens is 3. The van der Waals surface area contributed by atoms with E-state index in [-0.39, 0.29) is 0 Å². The highest BCUT2D eigenvalue weighted by Crippen LogP contribution is 2.10. The van der Waals surface area contributed by atoms with Gasteiger partial charge in [-0.3, -0.25) is 0 Å². The van der Waals surface area contributed by atoms with Gasteiger partial charge >= 0.3 is 0 Å². The molecule has 2 aromatic heterocycles. The minimum absolute atomic E-state index is 0.411. The predicted octanol–water partition coefficient (Wildman–Crippen LogP) is 2.47. The number of nitrogens with zero attached hydrogens (tertiary/aromatic N) is 3. The molecule has 0 spiro atoms. The predicted molar refractivity (Wildman–Crippen MR) is 98.6 cm³/mol. The molecule has 0 unspecified atom stereocenters. The van der Waals surface area contributed by atoms with Crippen LogP contribution in [-0.4, -0.2) is 34.0 Å². The van der Waals surface area contributed by atoms with Crippen molar-refractivity contribution in [2.75, 3.05) is 13.1 Å². The van der Waals surface area contributed by atoms with Crippen molar-refractivity contribution in [3.8, 4) is 0 Å². The summed E-state index contributed by atoms with van der Waals surface area (Å²) in [4.78, 5) is 16.8. The van der Waals surface area contributed by atoms with Gasteiger partial charge in [0.25, 0.3) is 0 Å². The van der Waals surface area contributed by atoms with Crippen LogP contribution >= 0.6 is 0 Å². The summed E-state index contributed by atoms with van der Waals surface area (Å²) < 4.78 is 5.56. The minimum atomic E-state index is 0.411. The van der Waals surface area contributed by atoms with E-state index < -0.39 is 0 Å². The van der Waals surface area contributed by atoms with Crippen molar-refractivity contribution in [3.63, 3.8) is 0 Å². The van der Waals surface area contributed by atoms with Gasteiger partial charge < -0.3 is 20.0 Å². The first kappa shape index (κ1) is 17.0. The van der Waals surface area contributed by atoms with E-state index in [1.54, 1.807) is 0 Å². The van der Waals surface area contributed by atoms with Gasteiger partial charge in [0, 0.05) is 19.5 Å². The van der Waals surface area contributed by atoms with E-state index in [0.29, 0.717) is 12.4 Å². The second-order valence-corrected chi connectivity index (χ2v) is 5.82. The fraction of sp³-hybridized carbons (Fsp3) is 0.389. The molecule has 0 bridgehead atoms. The molecule has 132 valence electrons. The van der Waals surface area contributed by atoms with Crippen molar-refractivity contribution in [1.82, 2.24) is 25.6 Å². The van der Waals surface area contributed by atoms with Crippen LogP contribution in [0, 0.1) is 13.8 Å². The molecule has 0 saturated carbocycles. The average Bonchev–Trinajstić information content (AvgIpc) is 3.15. The molecule has 3 rings (SSSR count). The normalized spacial score (nSPS) is 11.9. The number of hydrogen-bond donors (Lipinski definition) is 3. The molecule has 0 aliphatic carbocycles. The molecule has 2 heterocycles. The number of nitrogens with one attached hydrogen (secondary N) is 3. The van der Waals surface area contributed by atoms with Gasteiger partial charge in [-0.15, -0.1) is 0 Å². The molecule has 3 N–H and O–H groups in total. The standard InChI is InChI=1S/C18H24N6O/c1-4-19-18(21-11-17-22-12(2)13(3)25-17)20-10-9-16-23-14-7-5-6-8-15(14)24-16/h5-8H,4,9-11H2,1-3H3,(H,23,24)(H2,19,20,21). The lowest BCUT2D eigenvalue weighted by Crippen LogP contribution is -2.38. The molecule has 25 heavy (non-hydrogen) atoms. The summed E-state index contributed by atoms with van der Waals surface area (Å²) in [5.41, 5.74) is 2.97. The Morgan fingerprint density at radius 2 is 2.04 bits per heavy atom. The van der Waals surface area contributed by atoms with Gasteiger partial charge in [0.05, 0.1) is 16.7 Å². The number of H-pyrrole nitrogens is 1. The van der Waals surface area contributed by atoms with Gasteiger partial charge in [-0.1, -0.05) is 12.1 Å². The molecule has 1 aromatic carbocycles. The first-order valence-corrected chi connectivity index (χ1v) is 8.54. The topological polar surface area (TPSA) is 91.1 Å². The highest BCUT2D eigenvalue weighted by atomic mass is 16.4. The number of hydrogen-bond acceptors (Lipinski definition) is 4. The highest BCUT2D eigenvalue weighted by Gasteiger charge is 2.06. The number of aliphatic imine (C=N–C) groups is 1. The van der Waals surface area contributed by atoms with Crippen LogP contribution in [0.15, 0.2) is 33.7 Å². The van der Waals surface area contributed by atoms with E-state index in [1.807, 2.05) is 45.0 Å². The van der Waals surface area contributed by atoms with E-state index in [0.717, 1.165) is 53.8 Å². The number of guanidine groups is 1. The van der Waals surface area contributed by atoms with Crippen LogP contribution in [-0.2, 0) is 13.0 Å². The van der Waals surface area contributed by atoms with E-state index >= 15 is 0 Å². The molecule has 0 fully saturated rings. The van der Waals surface area contributed by atoms with Gasteiger partial charge in [0.1, 0.15) is 18.1 Å². The maximum absolute atomic E-state index is 5.56.